The Morgan fingerprint density at radius 3 is 2.48 bits per heavy atom. The van der Waals surface area contributed by atoms with Crippen molar-refractivity contribution in [3.05, 3.63) is 94.8 Å². The van der Waals surface area contributed by atoms with Gasteiger partial charge in [-0.05, 0) is 54.1 Å². The molecule has 0 saturated heterocycles. The maximum Gasteiger partial charge on any atom is 0.123 e. The zero-order valence-corrected chi connectivity index (χ0v) is 15.5. The molecule has 27 heavy (non-hydrogen) atoms. The highest BCUT2D eigenvalue weighted by atomic mass is 35.5. The molecule has 0 fully saturated rings. The number of methoxy groups -OCH3 is 1. The highest BCUT2D eigenvalue weighted by Crippen LogP contribution is 2.37. The Labute approximate surface area is 162 Å². The number of halogens is 2. The largest absolute Gasteiger partial charge is 0.497 e. The van der Waals surface area contributed by atoms with Crippen molar-refractivity contribution in [3.8, 4) is 5.75 Å². The van der Waals surface area contributed by atoms with E-state index >= 15 is 0 Å². The van der Waals surface area contributed by atoms with Gasteiger partial charge < -0.3 is 4.74 Å². The highest BCUT2D eigenvalue weighted by Gasteiger charge is 2.30. The number of hydrogen-bond acceptors (Lipinski definition) is 3. The van der Waals surface area contributed by atoms with E-state index in [-0.39, 0.29) is 11.9 Å². The number of hydrazone groups is 1. The van der Waals surface area contributed by atoms with Gasteiger partial charge in [0.1, 0.15) is 11.6 Å². The predicted molar refractivity (Wildman–Crippen MR) is 107 cm³/mol. The normalized spacial score (nSPS) is 16.3. The first-order chi connectivity index (χ1) is 13.1. The number of rotatable bonds is 4. The van der Waals surface area contributed by atoms with Crippen molar-refractivity contribution in [1.29, 1.82) is 0 Å². The summed E-state index contributed by atoms with van der Waals surface area (Å²) in [6.45, 7) is 0. The summed E-state index contributed by atoms with van der Waals surface area (Å²) in [6, 6.07) is 22.0. The molecule has 0 bridgehead atoms. The van der Waals surface area contributed by atoms with Crippen LogP contribution in [0.4, 0.5) is 10.1 Å². The number of anilines is 1. The average molecular weight is 381 g/mol. The first kappa shape index (κ1) is 17.6. The van der Waals surface area contributed by atoms with Gasteiger partial charge >= 0.3 is 0 Å². The van der Waals surface area contributed by atoms with E-state index in [0.29, 0.717) is 5.02 Å². The summed E-state index contributed by atoms with van der Waals surface area (Å²) in [5, 5.41) is 7.49. The van der Waals surface area contributed by atoms with Crippen LogP contribution < -0.4 is 9.75 Å². The summed E-state index contributed by atoms with van der Waals surface area (Å²) in [6.07, 6.45) is 0.728. The number of hydrogen-bond donors (Lipinski definition) is 0. The van der Waals surface area contributed by atoms with Crippen molar-refractivity contribution in [2.75, 3.05) is 12.1 Å². The molecular formula is C22H18ClFN2O. The smallest absolute Gasteiger partial charge is 0.123 e. The van der Waals surface area contributed by atoms with E-state index in [2.05, 4.69) is 0 Å². The molecule has 1 atom stereocenters. The van der Waals surface area contributed by atoms with E-state index in [9.17, 15) is 4.39 Å². The zero-order chi connectivity index (χ0) is 18.8. The summed E-state index contributed by atoms with van der Waals surface area (Å²) < 4.78 is 18.7. The van der Waals surface area contributed by atoms with Crippen molar-refractivity contribution in [3.63, 3.8) is 0 Å². The summed E-state index contributed by atoms with van der Waals surface area (Å²) in [5.41, 5.74) is 3.91. The van der Waals surface area contributed by atoms with Crippen LogP contribution >= 0.6 is 11.6 Å². The van der Waals surface area contributed by atoms with E-state index in [1.54, 1.807) is 19.2 Å². The van der Waals surface area contributed by atoms with Crippen LogP contribution in [-0.4, -0.2) is 12.8 Å². The molecule has 4 rings (SSSR count). The second-order valence-electron chi connectivity index (χ2n) is 6.37. The average Bonchev–Trinajstić information content (AvgIpc) is 3.14. The van der Waals surface area contributed by atoms with E-state index < -0.39 is 0 Å². The van der Waals surface area contributed by atoms with Gasteiger partial charge in [-0.3, -0.25) is 5.01 Å². The molecule has 3 aromatic carbocycles. The Kier molecular flexibility index (Phi) is 4.82. The lowest BCUT2D eigenvalue weighted by atomic mass is 9.98. The number of nitrogens with zero attached hydrogens (tertiary/aromatic N) is 2. The van der Waals surface area contributed by atoms with Crippen molar-refractivity contribution in [1.82, 2.24) is 0 Å². The molecule has 0 N–H and O–H groups in total. The molecule has 3 aromatic rings. The molecule has 0 unspecified atom stereocenters. The molecular weight excluding hydrogens is 363 g/mol. The molecule has 136 valence electrons. The Hall–Kier alpha value is -2.85. The van der Waals surface area contributed by atoms with Crippen molar-refractivity contribution < 1.29 is 9.13 Å². The number of ether oxygens (including phenoxy) is 1. The third-order valence-corrected chi connectivity index (χ3v) is 4.91. The lowest BCUT2D eigenvalue weighted by Gasteiger charge is -2.24. The molecule has 0 radical (unpaired) electrons. The van der Waals surface area contributed by atoms with Crippen LogP contribution in [0.15, 0.2) is 77.9 Å². The first-order valence-corrected chi connectivity index (χ1v) is 9.04. The molecule has 0 aliphatic carbocycles. The van der Waals surface area contributed by atoms with Gasteiger partial charge in [-0.2, -0.15) is 5.10 Å². The van der Waals surface area contributed by atoms with Gasteiger partial charge in [0.2, 0.25) is 0 Å². The van der Waals surface area contributed by atoms with Gasteiger partial charge in [-0.15, -0.1) is 0 Å². The maximum absolute atomic E-state index is 13.4. The Morgan fingerprint density at radius 2 is 1.78 bits per heavy atom. The number of benzene rings is 3. The fourth-order valence-corrected chi connectivity index (χ4v) is 3.39. The Bertz CT molecular complexity index is 970. The quantitative estimate of drug-likeness (QED) is 0.567. The minimum atomic E-state index is -0.266. The molecule has 1 heterocycles. The molecule has 5 heteroatoms. The van der Waals surface area contributed by atoms with Gasteiger partial charge in [0.25, 0.3) is 0 Å². The van der Waals surface area contributed by atoms with Crippen LogP contribution in [0.25, 0.3) is 0 Å². The van der Waals surface area contributed by atoms with Crippen LogP contribution in [0.3, 0.4) is 0 Å². The van der Waals surface area contributed by atoms with Crippen molar-refractivity contribution in [2.24, 2.45) is 5.10 Å². The van der Waals surface area contributed by atoms with Gasteiger partial charge in [-0.1, -0.05) is 35.9 Å². The van der Waals surface area contributed by atoms with Crippen LogP contribution in [0.5, 0.6) is 5.75 Å². The van der Waals surface area contributed by atoms with E-state index in [1.165, 1.54) is 12.1 Å². The van der Waals surface area contributed by atoms with E-state index in [0.717, 1.165) is 34.7 Å². The topological polar surface area (TPSA) is 24.8 Å². The standard InChI is InChI=1S/C22H18ClFN2O/c1-27-20-4-2-3-16(13-20)21-14-22(15-5-7-17(23)8-6-15)26(25-21)19-11-9-18(24)10-12-19/h2-13,22H,14H2,1H3/t22-/m1/s1. The fraction of sp³-hybridized carbons (Fsp3) is 0.136. The lowest BCUT2D eigenvalue weighted by Crippen LogP contribution is -2.18. The minimum absolute atomic E-state index is 0.00827. The molecule has 0 saturated carbocycles. The van der Waals surface area contributed by atoms with Gasteiger partial charge in [-0.25, -0.2) is 4.39 Å². The van der Waals surface area contributed by atoms with Crippen molar-refractivity contribution >= 4 is 23.0 Å². The second kappa shape index (κ2) is 7.41. The van der Waals surface area contributed by atoms with Crippen molar-refractivity contribution in [2.45, 2.75) is 12.5 Å². The maximum atomic E-state index is 13.4. The summed E-state index contributed by atoms with van der Waals surface area (Å²) in [5.74, 6) is 0.525. The first-order valence-electron chi connectivity index (χ1n) is 8.66. The Balaban J connectivity index is 1.74. The summed E-state index contributed by atoms with van der Waals surface area (Å²) >= 11 is 6.05. The molecule has 0 aromatic heterocycles. The summed E-state index contributed by atoms with van der Waals surface area (Å²) in [7, 11) is 1.65. The fourth-order valence-electron chi connectivity index (χ4n) is 3.26. The third-order valence-electron chi connectivity index (χ3n) is 4.66. The predicted octanol–water partition coefficient (Wildman–Crippen LogP) is 5.84. The summed E-state index contributed by atoms with van der Waals surface area (Å²) in [4.78, 5) is 0. The van der Waals surface area contributed by atoms with Crippen LogP contribution in [0.2, 0.25) is 5.02 Å². The SMILES string of the molecule is COc1cccc(C2=NN(c3ccc(F)cc3)[C@@H](c3ccc(Cl)cc3)C2)c1. The molecule has 1 aliphatic heterocycles. The minimum Gasteiger partial charge on any atom is -0.497 e. The molecule has 0 spiro atoms. The van der Waals surface area contributed by atoms with Crippen LogP contribution in [0, 0.1) is 5.82 Å². The monoisotopic (exact) mass is 380 g/mol. The van der Waals surface area contributed by atoms with Crippen LogP contribution in [0.1, 0.15) is 23.6 Å². The second-order valence-corrected chi connectivity index (χ2v) is 6.81. The molecule has 3 nitrogen and oxygen atoms in total. The van der Waals surface area contributed by atoms with Gasteiger partial charge in [0.05, 0.1) is 24.6 Å². The molecule has 0 amide bonds. The molecule has 1 aliphatic rings. The zero-order valence-electron chi connectivity index (χ0n) is 14.8. The lowest BCUT2D eigenvalue weighted by molar-refractivity contribution is 0.414. The Morgan fingerprint density at radius 1 is 1.04 bits per heavy atom. The van der Waals surface area contributed by atoms with Gasteiger partial charge in [0, 0.05) is 17.0 Å². The van der Waals surface area contributed by atoms with E-state index in [4.69, 9.17) is 21.4 Å². The van der Waals surface area contributed by atoms with Gasteiger partial charge in [0.15, 0.2) is 0 Å². The van der Waals surface area contributed by atoms with Crippen LogP contribution in [-0.2, 0) is 0 Å². The third kappa shape index (κ3) is 3.67. The highest BCUT2D eigenvalue weighted by molar-refractivity contribution is 6.30. The van der Waals surface area contributed by atoms with E-state index in [1.807, 2.05) is 53.5 Å².